The maximum absolute atomic E-state index is 12.6. The number of ether oxygens (including phenoxy) is 1. The van der Waals surface area contributed by atoms with Crippen molar-refractivity contribution < 1.29 is 9.53 Å². The Balaban J connectivity index is 1.42. The third kappa shape index (κ3) is 4.71. The molecule has 0 fully saturated rings. The van der Waals surface area contributed by atoms with E-state index in [0.717, 1.165) is 22.6 Å². The average Bonchev–Trinajstić information content (AvgIpc) is 3.23. The van der Waals surface area contributed by atoms with Gasteiger partial charge in [-0.3, -0.25) is 4.79 Å². The number of benzene rings is 3. The molecule has 1 heterocycles. The first-order valence-electron chi connectivity index (χ1n) is 10.5. The molecule has 3 aromatic carbocycles. The molecule has 1 aromatic heterocycles. The molecule has 0 spiro atoms. The topological polar surface area (TPSA) is 68.1 Å². The van der Waals surface area contributed by atoms with Crippen molar-refractivity contribution in [1.82, 2.24) is 4.98 Å². The van der Waals surface area contributed by atoms with E-state index in [2.05, 4.69) is 60.2 Å². The van der Waals surface area contributed by atoms with Crippen LogP contribution < -0.4 is 16.3 Å². The third-order valence-electron chi connectivity index (χ3n) is 5.85. The zero-order valence-corrected chi connectivity index (χ0v) is 18.6. The standard InChI is InChI=1S/C26H28N2O2P/c1-31(21-10-4-2-5-11-21,22-12-6-3-7-13-22)17-16-30-26(29)24(27)18-20-19-28-25-15-9-8-14-23(20)25/h2-15,19,24,28H,16-18,27H2,1H3/q+1/t24-/m0/s1. The van der Waals surface area contributed by atoms with Crippen LogP contribution >= 0.6 is 7.26 Å². The van der Waals surface area contributed by atoms with Gasteiger partial charge in [0, 0.05) is 23.5 Å². The quantitative estimate of drug-likeness (QED) is 0.329. The summed E-state index contributed by atoms with van der Waals surface area (Å²) in [6.07, 6.45) is 3.16. The molecule has 4 aromatic rings. The Labute approximate surface area is 183 Å². The average molecular weight is 431 g/mol. The van der Waals surface area contributed by atoms with Crippen LogP contribution in [0.5, 0.6) is 0 Å². The largest absolute Gasteiger partial charge is 0.461 e. The summed E-state index contributed by atoms with van der Waals surface area (Å²) >= 11 is 0. The minimum Gasteiger partial charge on any atom is -0.461 e. The van der Waals surface area contributed by atoms with Crippen LogP contribution in [-0.4, -0.2) is 36.4 Å². The van der Waals surface area contributed by atoms with E-state index in [4.69, 9.17) is 10.5 Å². The first kappa shape index (κ1) is 21.3. The molecule has 31 heavy (non-hydrogen) atoms. The molecular formula is C26H28N2O2P+. The number of hydrogen-bond acceptors (Lipinski definition) is 3. The maximum atomic E-state index is 12.6. The van der Waals surface area contributed by atoms with Crippen molar-refractivity contribution in [3.8, 4) is 0 Å². The number of rotatable bonds is 8. The summed E-state index contributed by atoms with van der Waals surface area (Å²) in [6.45, 7) is 2.66. The number of carbonyl (C=O) groups excluding carboxylic acids is 1. The number of aromatic amines is 1. The highest BCUT2D eigenvalue weighted by Crippen LogP contribution is 2.52. The zero-order chi connectivity index (χ0) is 21.7. The number of hydrogen-bond donors (Lipinski definition) is 2. The van der Waals surface area contributed by atoms with Crippen molar-refractivity contribution in [3.05, 3.63) is 96.7 Å². The molecule has 0 bridgehead atoms. The molecule has 0 radical (unpaired) electrons. The van der Waals surface area contributed by atoms with Crippen molar-refractivity contribution in [3.63, 3.8) is 0 Å². The fourth-order valence-electron chi connectivity index (χ4n) is 3.98. The molecule has 0 aliphatic rings. The first-order chi connectivity index (χ1) is 15.1. The Kier molecular flexibility index (Phi) is 6.50. The van der Waals surface area contributed by atoms with Gasteiger partial charge >= 0.3 is 5.97 Å². The van der Waals surface area contributed by atoms with Gasteiger partial charge in [0.1, 0.15) is 18.8 Å². The fraction of sp³-hybridized carbons (Fsp3) is 0.192. The monoisotopic (exact) mass is 431 g/mol. The summed E-state index contributed by atoms with van der Waals surface area (Å²) in [5, 5.41) is 3.71. The first-order valence-corrected chi connectivity index (χ1v) is 12.9. The number of H-pyrrole nitrogens is 1. The second-order valence-electron chi connectivity index (χ2n) is 7.92. The van der Waals surface area contributed by atoms with E-state index in [0.29, 0.717) is 13.0 Å². The molecule has 4 rings (SSSR count). The normalized spacial score (nSPS) is 12.6. The third-order valence-corrected chi connectivity index (χ3v) is 9.81. The van der Waals surface area contributed by atoms with Crippen LogP contribution in [0.25, 0.3) is 10.9 Å². The summed E-state index contributed by atoms with van der Waals surface area (Å²) < 4.78 is 5.66. The van der Waals surface area contributed by atoms with E-state index in [9.17, 15) is 4.79 Å². The molecular weight excluding hydrogens is 403 g/mol. The summed E-state index contributed by atoms with van der Waals surface area (Å²) in [5.74, 6) is -0.349. The van der Waals surface area contributed by atoms with E-state index in [1.807, 2.05) is 42.6 Å². The van der Waals surface area contributed by atoms with E-state index in [-0.39, 0.29) is 5.97 Å². The van der Waals surface area contributed by atoms with Crippen LogP contribution in [0, 0.1) is 0 Å². The summed E-state index contributed by atoms with van der Waals surface area (Å²) in [7, 11) is -1.67. The van der Waals surface area contributed by atoms with Crippen molar-refractivity contribution >= 4 is 34.7 Å². The molecule has 1 atom stereocenters. The lowest BCUT2D eigenvalue weighted by atomic mass is 10.1. The van der Waals surface area contributed by atoms with E-state index in [1.54, 1.807) is 0 Å². The Morgan fingerprint density at radius 2 is 1.52 bits per heavy atom. The smallest absolute Gasteiger partial charge is 0.323 e. The zero-order valence-electron chi connectivity index (χ0n) is 17.7. The van der Waals surface area contributed by atoms with Gasteiger partial charge < -0.3 is 15.5 Å². The second kappa shape index (κ2) is 9.47. The molecule has 0 aliphatic heterocycles. The molecule has 158 valence electrons. The van der Waals surface area contributed by atoms with Gasteiger partial charge in [-0.15, -0.1) is 0 Å². The van der Waals surface area contributed by atoms with Crippen LogP contribution in [0.3, 0.4) is 0 Å². The van der Waals surface area contributed by atoms with Crippen LogP contribution in [0.1, 0.15) is 5.56 Å². The molecule has 0 aliphatic carbocycles. The SMILES string of the molecule is C[P+](CCOC(=O)[C@@H](N)Cc1c[nH]c2ccccc12)(c1ccccc1)c1ccccc1. The van der Waals surface area contributed by atoms with Crippen molar-refractivity contribution in [1.29, 1.82) is 0 Å². The van der Waals surface area contributed by atoms with Gasteiger partial charge in [0.25, 0.3) is 0 Å². The lowest BCUT2D eigenvalue weighted by molar-refractivity contribution is -0.144. The van der Waals surface area contributed by atoms with Crippen molar-refractivity contribution in [2.45, 2.75) is 12.5 Å². The van der Waals surface area contributed by atoms with Gasteiger partial charge in [-0.1, -0.05) is 54.6 Å². The number of para-hydroxylation sites is 1. The number of nitrogens with one attached hydrogen (secondary N) is 1. The summed E-state index contributed by atoms with van der Waals surface area (Å²) in [4.78, 5) is 15.8. The maximum Gasteiger partial charge on any atom is 0.323 e. The minimum absolute atomic E-state index is 0.349. The molecule has 0 unspecified atom stereocenters. The molecule has 4 nitrogen and oxygen atoms in total. The van der Waals surface area contributed by atoms with Crippen LogP contribution in [0.2, 0.25) is 0 Å². The Morgan fingerprint density at radius 1 is 0.935 bits per heavy atom. The molecule has 3 N–H and O–H groups in total. The number of nitrogens with two attached hydrogens (primary N) is 1. The fourth-order valence-corrected chi connectivity index (χ4v) is 6.91. The van der Waals surface area contributed by atoms with Crippen molar-refractivity contribution in [2.24, 2.45) is 5.73 Å². The van der Waals surface area contributed by atoms with Crippen LogP contribution in [-0.2, 0) is 16.0 Å². The van der Waals surface area contributed by atoms with Gasteiger partial charge in [-0.25, -0.2) is 0 Å². The highest BCUT2D eigenvalue weighted by Gasteiger charge is 2.37. The van der Waals surface area contributed by atoms with E-state index < -0.39 is 13.3 Å². The lowest BCUT2D eigenvalue weighted by Crippen LogP contribution is -2.35. The summed E-state index contributed by atoms with van der Waals surface area (Å²) in [6, 6.07) is 28.4. The number of esters is 1. The second-order valence-corrected chi connectivity index (χ2v) is 11.8. The highest BCUT2D eigenvalue weighted by atomic mass is 31.2. The highest BCUT2D eigenvalue weighted by molar-refractivity contribution is 7.88. The van der Waals surface area contributed by atoms with Crippen molar-refractivity contribution in [2.75, 3.05) is 19.4 Å². The number of aromatic nitrogens is 1. The minimum atomic E-state index is -1.67. The number of fused-ring (bicyclic) bond motifs is 1. The predicted molar refractivity (Wildman–Crippen MR) is 131 cm³/mol. The molecule has 0 saturated carbocycles. The van der Waals surface area contributed by atoms with E-state index >= 15 is 0 Å². The van der Waals surface area contributed by atoms with Gasteiger partial charge in [0.2, 0.25) is 0 Å². The predicted octanol–water partition coefficient (Wildman–Crippen LogP) is 3.88. The summed E-state index contributed by atoms with van der Waals surface area (Å²) in [5.41, 5.74) is 8.27. The van der Waals surface area contributed by atoms with Gasteiger partial charge in [-0.2, -0.15) is 0 Å². The Morgan fingerprint density at radius 3 is 2.16 bits per heavy atom. The van der Waals surface area contributed by atoms with Gasteiger partial charge in [0.15, 0.2) is 0 Å². The molecule has 5 heteroatoms. The van der Waals surface area contributed by atoms with E-state index in [1.165, 1.54) is 10.6 Å². The molecule has 0 saturated heterocycles. The molecule has 0 amide bonds. The number of carbonyl (C=O) groups is 1. The Hall–Kier alpha value is -2.94. The Bertz CT molecular complexity index is 1100. The van der Waals surface area contributed by atoms with Gasteiger partial charge in [-0.05, 0) is 35.9 Å². The van der Waals surface area contributed by atoms with Crippen LogP contribution in [0.15, 0.2) is 91.1 Å². The van der Waals surface area contributed by atoms with Crippen LogP contribution in [0.4, 0.5) is 0 Å². The lowest BCUT2D eigenvalue weighted by Gasteiger charge is -2.23. The van der Waals surface area contributed by atoms with Gasteiger partial charge in [0.05, 0.1) is 24.5 Å².